The average Bonchev–Trinajstić information content (AvgIpc) is 2.96. The largest absolute Gasteiger partial charge is 0.367 e. The first-order chi connectivity index (χ1) is 9.56. The number of aryl methyl sites for hydroxylation is 1. The van der Waals surface area contributed by atoms with Gasteiger partial charge in [-0.15, -0.1) is 11.3 Å². The molecule has 0 aliphatic heterocycles. The molecule has 3 rings (SSSR count). The second-order valence-corrected chi connectivity index (χ2v) is 5.62. The highest BCUT2D eigenvalue weighted by atomic mass is 35.5. The number of rotatable bonds is 2. The minimum Gasteiger partial charge on any atom is -0.367 e. The predicted molar refractivity (Wildman–Crippen MR) is 77.2 cm³/mol. The Labute approximate surface area is 123 Å². The molecule has 0 spiro atoms. The topological polar surface area (TPSA) is 64.9 Å². The van der Waals surface area contributed by atoms with Gasteiger partial charge >= 0.3 is 0 Å². The Morgan fingerprint density at radius 3 is 2.85 bits per heavy atom. The van der Waals surface area contributed by atoms with Crippen molar-refractivity contribution < 1.29 is 8.91 Å². The number of halogens is 2. The molecule has 2 N–H and O–H groups in total. The van der Waals surface area contributed by atoms with Crippen LogP contribution in [0.3, 0.4) is 0 Å². The summed E-state index contributed by atoms with van der Waals surface area (Å²) in [4.78, 5) is 4.35. The van der Waals surface area contributed by atoms with Crippen molar-refractivity contribution >= 4 is 28.8 Å². The zero-order valence-electron chi connectivity index (χ0n) is 10.4. The Morgan fingerprint density at radius 1 is 1.40 bits per heavy atom. The van der Waals surface area contributed by atoms with Crippen molar-refractivity contribution in [3.8, 4) is 22.5 Å². The number of nitrogens with two attached hydrogens (primary N) is 1. The number of thiazole rings is 1. The molecular formula is C13H9ClFN3OS. The molecular weight excluding hydrogens is 301 g/mol. The Balaban J connectivity index is 2.21. The molecule has 0 unspecified atom stereocenters. The number of anilines is 1. The lowest BCUT2D eigenvalue weighted by Crippen LogP contribution is -1.89. The molecule has 7 heteroatoms. The van der Waals surface area contributed by atoms with Crippen LogP contribution in [0.15, 0.2) is 28.1 Å². The van der Waals surface area contributed by atoms with Gasteiger partial charge in [0.15, 0.2) is 0 Å². The molecule has 0 saturated heterocycles. The standard InChI is InChI=1S/C13H9ClFN3OS/c1-6-17-10(5-20-6)12-11(13(16)19-18-12)8-3-2-7(15)4-9(8)14/h2-5H,16H2,1H3. The number of aromatic nitrogens is 2. The Kier molecular flexibility index (Phi) is 3.19. The zero-order chi connectivity index (χ0) is 14.3. The van der Waals surface area contributed by atoms with Crippen LogP contribution in [0.2, 0.25) is 5.02 Å². The molecule has 0 fully saturated rings. The SMILES string of the molecule is Cc1nc(-c2noc(N)c2-c2ccc(F)cc2Cl)cs1. The van der Waals surface area contributed by atoms with E-state index in [1.54, 1.807) is 6.07 Å². The maximum atomic E-state index is 13.2. The summed E-state index contributed by atoms with van der Waals surface area (Å²) in [5.41, 5.74) is 8.07. The lowest BCUT2D eigenvalue weighted by molar-refractivity contribution is 0.439. The van der Waals surface area contributed by atoms with E-state index in [1.165, 1.54) is 23.5 Å². The molecule has 0 atom stereocenters. The van der Waals surface area contributed by atoms with Crippen molar-refractivity contribution in [2.45, 2.75) is 6.92 Å². The molecule has 20 heavy (non-hydrogen) atoms. The summed E-state index contributed by atoms with van der Waals surface area (Å²) in [5, 5.41) is 6.93. The third kappa shape index (κ3) is 2.17. The quantitative estimate of drug-likeness (QED) is 0.772. The highest BCUT2D eigenvalue weighted by Gasteiger charge is 2.21. The van der Waals surface area contributed by atoms with Crippen molar-refractivity contribution in [1.29, 1.82) is 0 Å². The van der Waals surface area contributed by atoms with Gasteiger partial charge in [0.05, 0.1) is 15.6 Å². The molecule has 0 aliphatic rings. The van der Waals surface area contributed by atoms with Gasteiger partial charge in [0.1, 0.15) is 17.2 Å². The monoisotopic (exact) mass is 309 g/mol. The van der Waals surface area contributed by atoms with E-state index in [0.29, 0.717) is 22.5 Å². The maximum Gasteiger partial charge on any atom is 0.230 e. The van der Waals surface area contributed by atoms with Crippen molar-refractivity contribution in [2.24, 2.45) is 0 Å². The van der Waals surface area contributed by atoms with Gasteiger partial charge in [-0.2, -0.15) is 0 Å². The summed E-state index contributed by atoms with van der Waals surface area (Å²) in [5.74, 6) is -0.293. The second-order valence-electron chi connectivity index (χ2n) is 4.15. The van der Waals surface area contributed by atoms with Crippen molar-refractivity contribution in [3.05, 3.63) is 39.4 Å². The van der Waals surface area contributed by atoms with E-state index in [1.807, 2.05) is 12.3 Å². The molecule has 102 valence electrons. The number of hydrogen-bond acceptors (Lipinski definition) is 5. The van der Waals surface area contributed by atoms with Gasteiger partial charge in [-0.3, -0.25) is 0 Å². The van der Waals surface area contributed by atoms with Crippen LogP contribution < -0.4 is 5.73 Å². The molecule has 0 amide bonds. The van der Waals surface area contributed by atoms with Crippen molar-refractivity contribution in [1.82, 2.24) is 10.1 Å². The second kappa shape index (κ2) is 4.88. The normalized spacial score (nSPS) is 10.9. The summed E-state index contributed by atoms with van der Waals surface area (Å²) < 4.78 is 18.2. The first-order valence-corrected chi connectivity index (χ1v) is 6.95. The molecule has 0 saturated carbocycles. The minimum absolute atomic E-state index is 0.124. The van der Waals surface area contributed by atoms with Crippen molar-refractivity contribution in [2.75, 3.05) is 5.73 Å². The van der Waals surface area contributed by atoms with E-state index < -0.39 is 5.82 Å². The third-order valence-electron chi connectivity index (χ3n) is 2.78. The molecule has 0 bridgehead atoms. The first-order valence-electron chi connectivity index (χ1n) is 5.69. The van der Waals surface area contributed by atoms with Crippen LogP contribution in [0, 0.1) is 12.7 Å². The molecule has 3 aromatic rings. The van der Waals surface area contributed by atoms with Crippen molar-refractivity contribution in [3.63, 3.8) is 0 Å². The third-order valence-corrected chi connectivity index (χ3v) is 3.87. The summed E-state index contributed by atoms with van der Waals surface area (Å²) >= 11 is 7.57. The molecule has 4 nitrogen and oxygen atoms in total. The van der Waals surface area contributed by atoms with Crippen LogP contribution in [-0.2, 0) is 0 Å². The number of benzene rings is 1. The molecule has 0 radical (unpaired) electrons. The fraction of sp³-hybridized carbons (Fsp3) is 0.0769. The minimum atomic E-state index is -0.417. The fourth-order valence-corrected chi connectivity index (χ4v) is 2.76. The smallest absolute Gasteiger partial charge is 0.230 e. The van der Waals surface area contributed by atoms with Gasteiger partial charge in [-0.05, 0) is 25.1 Å². The average molecular weight is 310 g/mol. The zero-order valence-corrected chi connectivity index (χ0v) is 11.9. The molecule has 2 aromatic heterocycles. The van der Waals surface area contributed by atoms with Gasteiger partial charge in [0.25, 0.3) is 0 Å². The van der Waals surface area contributed by atoms with Gasteiger partial charge < -0.3 is 10.3 Å². The van der Waals surface area contributed by atoms with Crippen LogP contribution in [0.1, 0.15) is 5.01 Å². The van der Waals surface area contributed by atoms with Gasteiger partial charge in [-0.1, -0.05) is 16.8 Å². The van der Waals surface area contributed by atoms with Crippen LogP contribution in [0.4, 0.5) is 10.3 Å². The Hall–Kier alpha value is -1.92. The summed E-state index contributed by atoms with van der Waals surface area (Å²) in [7, 11) is 0. The van der Waals surface area contributed by atoms with Gasteiger partial charge in [0, 0.05) is 10.9 Å². The molecule has 2 heterocycles. The fourth-order valence-electron chi connectivity index (χ4n) is 1.90. The summed E-state index contributed by atoms with van der Waals surface area (Å²) in [6.45, 7) is 1.89. The maximum absolute atomic E-state index is 13.2. The van der Waals surface area contributed by atoms with E-state index in [0.717, 1.165) is 5.01 Å². The molecule has 1 aromatic carbocycles. The highest BCUT2D eigenvalue weighted by Crippen LogP contribution is 2.39. The lowest BCUT2D eigenvalue weighted by atomic mass is 10.0. The Bertz CT molecular complexity index is 784. The number of hydrogen-bond donors (Lipinski definition) is 1. The highest BCUT2D eigenvalue weighted by molar-refractivity contribution is 7.09. The van der Waals surface area contributed by atoms with Crippen LogP contribution in [0.5, 0.6) is 0 Å². The number of nitrogens with zero attached hydrogens (tertiary/aromatic N) is 2. The van der Waals surface area contributed by atoms with E-state index in [-0.39, 0.29) is 10.9 Å². The summed E-state index contributed by atoms with van der Waals surface area (Å²) in [6.07, 6.45) is 0. The van der Waals surface area contributed by atoms with E-state index in [9.17, 15) is 4.39 Å². The van der Waals surface area contributed by atoms with E-state index >= 15 is 0 Å². The predicted octanol–water partition coefficient (Wildman–Crippen LogP) is 4.15. The van der Waals surface area contributed by atoms with Gasteiger partial charge in [0.2, 0.25) is 5.88 Å². The summed E-state index contributed by atoms with van der Waals surface area (Å²) in [6, 6.07) is 4.08. The van der Waals surface area contributed by atoms with E-state index in [4.69, 9.17) is 21.9 Å². The van der Waals surface area contributed by atoms with Crippen LogP contribution >= 0.6 is 22.9 Å². The number of nitrogen functional groups attached to an aromatic ring is 1. The molecule has 0 aliphatic carbocycles. The lowest BCUT2D eigenvalue weighted by Gasteiger charge is -2.04. The van der Waals surface area contributed by atoms with Crippen LogP contribution in [0.25, 0.3) is 22.5 Å². The van der Waals surface area contributed by atoms with Crippen LogP contribution in [-0.4, -0.2) is 10.1 Å². The Morgan fingerprint density at radius 2 is 2.20 bits per heavy atom. The van der Waals surface area contributed by atoms with E-state index in [2.05, 4.69) is 10.1 Å². The van der Waals surface area contributed by atoms with Gasteiger partial charge in [-0.25, -0.2) is 9.37 Å². The first kappa shape index (κ1) is 13.1.